The number of fused-ring (bicyclic) bond motifs is 1. The number of pyridine rings is 1. The van der Waals surface area contributed by atoms with Crippen molar-refractivity contribution < 1.29 is 0 Å². The number of aryl methyl sites for hydroxylation is 2. The summed E-state index contributed by atoms with van der Waals surface area (Å²) >= 11 is 0. The maximum absolute atomic E-state index is 12.8. The second-order valence-electron chi connectivity index (χ2n) is 4.70. The normalized spacial score (nSPS) is 11.6. The largest absolute Gasteiger partial charge is 0.281 e. The molecular weight excluding hydrogens is 246 g/mol. The molecule has 1 aromatic carbocycles. The summed E-state index contributed by atoms with van der Waals surface area (Å²) in [5.74, 6) is 0. The number of benzene rings is 1. The highest BCUT2D eigenvalue weighted by Gasteiger charge is 2.11. The van der Waals surface area contributed by atoms with Crippen LogP contribution < -0.4 is 5.56 Å². The van der Waals surface area contributed by atoms with E-state index in [1.807, 2.05) is 32.0 Å². The topological polar surface area (TPSA) is 22.0 Å². The Bertz CT molecular complexity index is 763. The van der Waals surface area contributed by atoms with Gasteiger partial charge in [0.15, 0.2) is 0 Å². The Balaban J connectivity index is 2.96. The van der Waals surface area contributed by atoms with Crippen molar-refractivity contribution in [2.45, 2.75) is 20.3 Å². The Morgan fingerprint density at radius 2 is 2.10 bits per heavy atom. The molecule has 1 heterocycles. The zero-order valence-electron chi connectivity index (χ0n) is 12.0. The van der Waals surface area contributed by atoms with Crippen LogP contribution in [0.5, 0.6) is 0 Å². The second-order valence-corrected chi connectivity index (χ2v) is 4.70. The maximum atomic E-state index is 12.8. The van der Waals surface area contributed by atoms with Crippen molar-refractivity contribution in [1.82, 2.24) is 4.57 Å². The molecule has 0 aliphatic heterocycles. The van der Waals surface area contributed by atoms with Gasteiger partial charge in [0.2, 0.25) is 0 Å². The number of allylic oxidation sites excluding steroid dienone is 4. The fourth-order valence-corrected chi connectivity index (χ4v) is 2.49. The molecule has 0 aliphatic carbocycles. The summed E-state index contributed by atoms with van der Waals surface area (Å²) in [7, 11) is 0. The lowest BCUT2D eigenvalue weighted by Gasteiger charge is -2.15. The van der Waals surface area contributed by atoms with Gasteiger partial charge in [-0.05, 0) is 42.5 Å². The molecular formula is C18H19NO. The molecule has 1 aromatic heterocycles. The molecule has 0 amide bonds. The summed E-state index contributed by atoms with van der Waals surface area (Å²) in [5, 5.41) is 1.76. The minimum Gasteiger partial charge on any atom is -0.281 e. The third-order valence-corrected chi connectivity index (χ3v) is 3.45. The summed E-state index contributed by atoms with van der Waals surface area (Å²) in [4.78, 5) is 12.8. The van der Waals surface area contributed by atoms with E-state index in [4.69, 9.17) is 0 Å². The van der Waals surface area contributed by atoms with Gasteiger partial charge >= 0.3 is 0 Å². The van der Waals surface area contributed by atoms with Gasteiger partial charge in [-0.15, -0.1) is 0 Å². The molecule has 0 unspecified atom stereocenters. The summed E-state index contributed by atoms with van der Waals surface area (Å²) in [6, 6.07) is 8.00. The first kappa shape index (κ1) is 14.1. The molecule has 0 bridgehead atoms. The number of rotatable bonds is 4. The van der Waals surface area contributed by atoms with Crippen LogP contribution in [0, 0.1) is 6.92 Å². The Hall–Kier alpha value is -2.35. The van der Waals surface area contributed by atoms with E-state index in [1.54, 1.807) is 22.8 Å². The van der Waals surface area contributed by atoms with E-state index in [1.165, 1.54) is 0 Å². The fraction of sp³-hybridized carbons (Fsp3) is 0.167. The summed E-state index contributed by atoms with van der Waals surface area (Å²) < 4.78 is 1.73. The Kier molecular flexibility index (Phi) is 4.04. The Morgan fingerprint density at radius 3 is 2.70 bits per heavy atom. The first-order valence-electron chi connectivity index (χ1n) is 6.73. The number of hydrogen-bond acceptors (Lipinski definition) is 1. The summed E-state index contributed by atoms with van der Waals surface area (Å²) in [6.07, 6.45) is 5.94. The molecule has 0 atom stereocenters. The van der Waals surface area contributed by atoms with Crippen molar-refractivity contribution in [3.05, 3.63) is 77.3 Å². The molecule has 0 radical (unpaired) electrons. The molecule has 102 valence electrons. The van der Waals surface area contributed by atoms with Crippen LogP contribution in [0.1, 0.15) is 18.2 Å². The van der Waals surface area contributed by atoms with E-state index >= 15 is 0 Å². The number of nitrogens with zero attached hydrogens (tertiary/aromatic N) is 1. The van der Waals surface area contributed by atoms with Crippen molar-refractivity contribution in [3.63, 3.8) is 0 Å². The van der Waals surface area contributed by atoms with E-state index < -0.39 is 0 Å². The summed E-state index contributed by atoms with van der Waals surface area (Å²) in [6.45, 7) is 11.5. The van der Waals surface area contributed by atoms with E-state index in [2.05, 4.69) is 19.2 Å². The first-order valence-corrected chi connectivity index (χ1v) is 6.73. The Morgan fingerprint density at radius 1 is 1.35 bits per heavy atom. The molecule has 0 fully saturated rings. The quantitative estimate of drug-likeness (QED) is 0.763. The smallest absolute Gasteiger partial charge is 0.263 e. The van der Waals surface area contributed by atoms with Crippen molar-refractivity contribution in [2.24, 2.45) is 0 Å². The minimum absolute atomic E-state index is 0.00505. The monoisotopic (exact) mass is 265 g/mol. The first-order chi connectivity index (χ1) is 9.63. The standard InChI is InChI=1S/C18H19NO/c1-5-9-15(6-2)19-16(7-3)12-14-11-8-10-13(4)17(14)18(19)20/h5-6,8-12H,1-2,7H2,3-4H3/b15-9+. The molecule has 2 nitrogen and oxygen atoms in total. The molecule has 2 aromatic rings. The number of hydrogen-bond donors (Lipinski definition) is 0. The van der Waals surface area contributed by atoms with Crippen LogP contribution in [-0.4, -0.2) is 4.57 Å². The zero-order valence-corrected chi connectivity index (χ0v) is 12.0. The molecule has 2 heteroatoms. The maximum Gasteiger partial charge on any atom is 0.263 e. The van der Waals surface area contributed by atoms with Gasteiger partial charge in [-0.3, -0.25) is 9.36 Å². The van der Waals surface area contributed by atoms with E-state index in [-0.39, 0.29) is 5.56 Å². The average Bonchev–Trinajstić information content (AvgIpc) is 2.45. The highest BCUT2D eigenvalue weighted by molar-refractivity contribution is 5.86. The van der Waals surface area contributed by atoms with Gasteiger partial charge in [-0.1, -0.05) is 44.4 Å². The lowest BCUT2D eigenvalue weighted by atomic mass is 10.1. The highest BCUT2D eigenvalue weighted by atomic mass is 16.1. The SMILES string of the molecule is C=C/C=C(\C=C)n1c(CC)cc2cccc(C)c2c1=O. The van der Waals surface area contributed by atoms with Crippen LogP contribution in [0.15, 0.2) is 60.4 Å². The van der Waals surface area contributed by atoms with E-state index in [0.29, 0.717) is 0 Å². The molecule has 0 spiro atoms. The summed E-state index contributed by atoms with van der Waals surface area (Å²) in [5.41, 5.74) is 2.73. The molecule has 0 N–H and O–H groups in total. The van der Waals surface area contributed by atoms with Crippen LogP contribution in [-0.2, 0) is 6.42 Å². The third-order valence-electron chi connectivity index (χ3n) is 3.45. The Labute approximate surface area is 119 Å². The van der Waals surface area contributed by atoms with Gasteiger partial charge in [0.05, 0.1) is 5.39 Å². The van der Waals surface area contributed by atoms with Gasteiger partial charge in [0.25, 0.3) is 5.56 Å². The molecule has 20 heavy (non-hydrogen) atoms. The van der Waals surface area contributed by atoms with Crippen molar-refractivity contribution in [2.75, 3.05) is 0 Å². The lowest BCUT2D eigenvalue weighted by molar-refractivity contribution is 0.911. The van der Waals surface area contributed by atoms with Crippen molar-refractivity contribution in [1.29, 1.82) is 0 Å². The van der Waals surface area contributed by atoms with Gasteiger partial charge < -0.3 is 0 Å². The van der Waals surface area contributed by atoms with Gasteiger partial charge in [0.1, 0.15) is 0 Å². The van der Waals surface area contributed by atoms with E-state index in [9.17, 15) is 4.79 Å². The van der Waals surface area contributed by atoms with Crippen LogP contribution in [0.4, 0.5) is 0 Å². The molecule has 0 aliphatic rings. The van der Waals surface area contributed by atoms with Gasteiger partial charge in [0, 0.05) is 11.4 Å². The van der Waals surface area contributed by atoms with Crippen LogP contribution in [0.2, 0.25) is 0 Å². The van der Waals surface area contributed by atoms with Crippen LogP contribution >= 0.6 is 0 Å². The predicted molar refractivity (Wildman–Crippen MR) is 87.0 cm³/mol. The zero-order chi connectivity index (χ0) is 14.7. The average molecular weight is 265 g/mol. The van der Waals surface area contributed by atoms with Gasteiger partial charge in [-0.2, -0.15) is 0 Å². The van der Waals surface area contributed by atoms with Crippen molar-refractivity contribution in [3.8, 4) is 0 Å². The minimum atomic E-state index is 0.00505. The van der Waals surface area contributed by atoms with Crippen molar-refractivity contribution >= 4 is 16.5 Å². The lowest BCUT2D eigenvalue weighted by Crippen LogP contribution is -2.23. The number of aromatic nitrogens is 1. The molecule has 2 rings (SSSR count). The van der Waals surface area contributed by atoms with E-state index in [0.717, 1.165) is 34.1 Å². The van der Waals surface area contributed by atoms with Crippen LogP contribution in [0.25, 0.3) is 16.5 Å². The van der Waals surface area contributed by atoms with Crippen LogP contribution in [0.3, 0.4) is 0 Å². The second kappa shape index (κ2) is 5.74. The molecule has 0 saturated carbocycles. The predicted octanol–water partition coefficient (Wildman–Crippen LogP) is 4.09. The highest BCUT2D eigenvalue weighted by Crippen LogP contribution is 2.19. The third kappa shape index (κ3) is 2.25. The van der Waals surface area contributed by atoms with Gasteiger partial charge in [-0.25, -0.2) is 0 Å². The molecule has 0 saturated heterocycles. The fourth-order valence-electron chi connectivity index (χ4n) is 2.49.